The fraction of sp³-hybridized carbons (Fsp3) is 0.273. The summed E-state index contributed by atoms with van der Waals surface area (Å²) in [6.45, 7) is 1.99. The molecule has 0 saturated heterocycles. The van der Waals surface area contributed by atoms with Crippen molar-refractivity contribution < 1.29 is 0 Å². The lowest BCUT2D eigenvalue weighted by Gasteiger charge is -2.06. The largest absolute Gasteiger partial charge is 0.263 e. The van der Waals surface area contributed by atoms with Gasteiger partial charge in [0.1, 0.15) is 0 Å². The predicted molar refractivity (Wildman–Crippen MR) is 50.8 cm³/mol. The van der Waals surface area contributed by atoms with Crippen molar-refractivity contribution in [2.75, 3.05) is 0 Å². The summed E-state index contributed by atoms with van der Waals surface area (Å²) in [5.74, 6) is 2.72. The van der Waals surface area contributed by atoms with Crippen molar-refractivity contribution in [2.45, 2.75) is 19.3 Å². The van der Waals surface area contributed by atoms with Gasteiger partial charge in [0.2, 0.25) is 0 Å². The summed E-state index contributed by atoms with van der Waals surface area (Å²) in [7, 11) is 0. The first-order valence-corrected chi connectivity index (χ1v) is 4.06. The normalized spacial score (nSPS) is 11.3. The molecule has 0 aliphatic rings. The molecule has 0 radical (unpaired) electrons. The first-order chi connectivity index (χ1) is 6.27. The van der Waals surface area contributed by atoms with Gasteiger partial charge in [0.15, 0.2) is 0 Å². The second-order valence-corrected chi connectivity index (χ2v) is 2.91. The Morgan fingerprint density at radius 1 is 1.62 bits per heavy atom. The lowest BCUT2D eigenvalue weighted by atomic mass is 9.99. The number of nitrogens with zero attached hydrogens (tertiary/aromatic N) is 2. The number of rotatable bonds is 2. The topological polar surface area (TPSA) is 36.7 Å². The minimum Gasteiger partial charge on any atom is -0.263 e. The molecule has 2 heteroatoms. The zero-order valence-electron chi connectivity index (χ0n) is 7.49. The molecule has 0 amide bonds. The molecule has 1 unspecified atom stereocenters. The van der Waals surface area contributed by atoms with E-state index in [2.05, 4.69) is 17.0 Å². The number of terminal acetylenes is 1. The standard InChI is InChI=1S/C11H10N2/c1-3-10-6-11(8-13-7-10)9(2)4-5-12/h1,6-9H,4H2,2H3. The molecule has 0 fully saturated rings. The third-order valence-electron chi connectivity index (χ3n) is 1.89. The van der Waals surface area contributed by atoms with Crippen LogP contribution < -0.4 is 0 Å². The molecular formula is C11H10N2. The minimum absolute atomic E-state index is 0.200. The van der Waals surface area contributed by atoms with E-state index in [0.717, 1.165) is 11.1 Å². The van der Waals surface area contributed by atoms with Gasteiger partial charge in [0.25, 0.3) is 0 Å². The molecular weight excluding hydrogens is 160 g/mol. The van der Waals surface area contributed by atoms with Crippen molar-refractivity contribution in [2.24, 2.45) is 0 Å². The van der Waals surface area contributed by atoms with Crippen LogP contribution in [0.4, 0.5) is 0 Å². The summed E-state index contributed by atoms with van der Waals surface area (Å²) >= 11 is 0. The van der Waals surface area contributed by atoms with Gasteiger partial charge < -0.3 is 0 Å². The second-order valence-electron chi connectivity index (χ2n) is 2.91. The van der Waals surface area contributed by atoms with Gasteiger partial charge in [-0.3, -0.25) is 4.98 Å². The summed E-state index contributed by atoms with van der Waals surface area (Å²) in [6, 6.07) is 4.02. The van der Waals surface area contributed by atoms with Crippen molar-refractivity contribution in [3.8, 4) is 18.4 Å². The average molecular weight is 170 g/mol. The van der Waals surface area contributed by atoms with Crippen molar-refractivity contribution >= 4 is 0 Å². The summed E-state index contributed by atoms with van der Waals surface area (Å²) in [4.78, 5) is 4.01. The molecule has 0 saturated carbocycles. The summed E-state index contributed by atoms with van der Waals surface area (Å²) in [5, 5.41) is 8.51. The van der Waals surface area contributed by atoms with Gasteiger partial charge in [-0.15, -0.1) is 6.42 Å². The van der Waals surface area contributed by atoms with Gasteiger partial charge in [-0.25, -0.2) is 0 Å². The molecule has 13 heavy (non-hydrogen) atoms. The van der Waals surface area contributed by atoms with Gasteiger partial charge in [0.05, 0.1) is 6.07 Å². The highest BCUT2D eigenvalue weighted by molar-refractivity contribution is 5.33. The zero-order chi connectivity index (χ0) is 9.68. The van der Waals surface area contributed by atoms with Crippen LogP contribution in [-0.4, -0.2) is 4.98 Å². The molecule has 64 valence electrons. The van der Waals surface area contributed by atoms with Gasteiger partial charge in [0, 0.05) is 24.4 Å². The van der Waals surface area contributed by atoms with E-state index in [1.54, 1.807) is 12.4 Å². The first-order valence-electron chi connectivity index (χ1n) is 4.06. The molecule has 1 atom stereocenters. The lowest BCUT2D eigenvalue weighted by molar-refractivity contribution is 0.783. The maximum atomic E-state index is 8.51. The average Bonchev–Trinajstić information content (AvgIpc) is 2.18. The van der Waals surface area contributed by atoms with Crippen LogP contribution in [0.5, 0.6) is 0 Å². The quantitative estimate of drug-likeness (QED) is 0.637. The first kappa shape index (κ1) is 9.29. The van der Waals surface area contributed by atoms with E-state index >= 15 is 0 Å². The van der Waals surface area contributed by atoms with E-state index in [-0.39, 0.29) is 5.92 Å². The lowest BCUT2D eigenvalue weighted by Crippen LogP contribution is -1.93. The van der Waals surface area contributed by atoms with Crippen LogP contribution in [0.3, 0.4) is 0 Å². The summed E-state index contributed by atoms with van der Waals surface area (Å²) < 4.78 is 0. The van der Waals surface area contributed by atoms with Crippen molar-refractivity contribution in [1.29, 1.82) is 5.26 Å². The molecule has 0 aliphatic heterocycles. The van der Waals surface area contributed by atoms with Crippen LogP contribution in [0.2, 0.25) is 0 Å². The fourth-order valence-electron chi connectivity index (χ4n) is 1.06. The van der Waals surface area contributed by atoms with Crippen LogP contribution in [0.15, 0.2) is 18.5 Å². The van der Waals surface area contributed by atoms with Crippen LogP contribution in [0, 0.1) is 23.7 Å². The predicted octanol–water partition coefficient (Wildman–Crippen LogP) is 2.08. The van der Waals surface area contributed by atoms with E-state index in [1.165, 1.54) is 0 Å². The molecule has 1 rings (SSSR count). The monoisotopic (exact) mass is 170 g/mol. The maximum Gasteiger partial charge on any atom is 0.0628 e. The summed E-state index contributed by atoms with van der Waals surface area (Å²) in [6.07, 6.45) is 9.13. The molecule has 0 aliphatic carbocycles. The highest BCUT2D eigenvalue weighted by Gasteiger charge is 2.04. The Kier molecular flexibility index (Phi) is 3.06. The Hall–Kier alpha value is -1.80. The van der Waals surface area contributed by atoms with Crippen LogP contribution in [0.1, 0.15) is 30.4 Å². The number of hydrogen-bond acceptors (Lipinski definition) is 2. The molecule has 0 N–H and O–H groups in total. The second kappa shape index (κ2) is 4.28. The van der Waals surface area contributed by atoms with Gasteiger partial charge >= 0.3 is 0 Å². The van der Waals surface area contributed by atoms with Crippen molar-refractivity contribution in [1.82, 2.24) is 4.98 Å². The maximum absolute atomic E-state index is 8.51. The molecule has 1 heterocycles. The molecule has 0 bridgehead atoms. The Morgan fingerprint density at radius 2 is 2.38 bits per heavy atom. The van der Waals surface area contributed by atoms with Gasteiger partial charge in [-0.05, 0) is 17.5 Å². The smallest absolute Gasteiger partial charge is 0.0628 e. The minimum atomic E-state index is 0.200. The van der Waals surface area contributed by atoms with Gasteiger partial charge in [-0.1, -0.05) is 12.8 Å². The fourth-order valence-corrected chi connectivity index (χ4v) is 1.06. The third kappa shape index (κ3) is 2.32. The van der Waals surface area contributed by atoms with E-state index < -0.39 is 0 Å². The number of aromatic nitrogens is 1. The Balaban J connectivity index is 2.91. The molecule has 0 spiro atoms. The van der Waals surface area contributed by atoms with E-state index in [1.807, 2.05) is 13.0 Å². The van der Waals surface area contributed by atoms with E-state index in [9.17, 15) is 0 Å². The Bertz CT molecular complexity index is 368. The Morgan fingerprint density at radius 3 is 3.00 bits per heavy atom. The van der Waals surface area contributed by atoms with E-state index in [0.29, 0.717) is 6.42 Å². The van der Waals surface area contributed by atoms with Crippen LogP contribution >= 0.6 is 0 Å². The van der Waals surface area contributed by atoms with Gasteiger partial charge in [-0.2, -0.15) is 5.26 Å². The Labute approximate surface area is 78.2 Å². The summed E-state index contributed by atoms with van der Waals surface area (Å²) in [5.41, 5.74) is 1.79. The molecule has 0 aromatic carbocycles. The third-order valence-corrected chi connectivity index (χ3v) is 1.89. The number of nitriles is 1. The van der Waals surface area contributed by atoms with Crippen molar-refractivity contribution in [3.63, 3.8) is 0 Å². The molecule has 1 aromatic rings. The highest BCUT2D eigenvalue weighted by atomic mass is 14.6. The number of pyridine rings is 1. The van der Waals surface area contributed by atoms with Crippen LogP contribution in [0.25, 0.3) is 0 Å². The van der Waals surface area contributed by atoms with Crippen molar-refractivity contribution in [3.05, 3.63) is 29.6 Å². The zero-order valence-corrected chi connectivity index (χ0v) is 7.49. The van der Waals surface area contributed by atoms with E-state index in [4.69, 9.17) is 11.7 Å². The number of hydrogen-bond donors (Lipinski definition) is 0. The highest BCUT2D eigenvalue weighted by Crippen LogP contribution is 2.17. The molecule has 1 aromatic heterocycles. The SMILES string of the molecule is C#Cc1cncc(C(C)CC#N)c1. The van der Waals surface area contributed by atoms with Crippen LogP contribution in [-0.2, 0) is 0 Å². The molecule has 2 nitrogen and oxygen atoms in total.